The molecule has 1 unspecified atom stereocenters. The zero-order chi connectivity index (χ0) is 17.7. The van der Waals surface area contributed by atoms with Crippen LogP contribution in [0.5, 0.6) is 0 Å². The van der Waals surface area contributed by atoms with Crippen LogP contribution in [0.3, 0.4) is 0 Å². The minimum atomic E-state index is -1.03. The second-order valence-corrected chi connectivity index (χ2v) is 5.20. The van der Waals surface area contributed by atoms with Crippen molar-refractivity contribution < 1.29 is 22.8 Å². The van der Waals surface area contributed by atoms with E-state index in [1.54, 1.807) is 18.9 Å². The van der Waals surface area contributed by atoms with Crippen molar-refractivity contribution >= 4 is 5.97 Å². The van der Waals surface area contributed by atoms with Crippen LogP contribution in [0, 0.1) is 11.6 Å². The van der Waals surface area contributed by atoms with E-state index in [-0.39, 0.29) is 18.7 Å². The molecular formula is C16H19F2N3O3. The Morgan fingerprint density at radius 1 is 1.33 bits per heavy atom. The number of hydrogen-bond acceptors (Lipinski definition) is 6. The average molecular weight is 339 g/mol. The van der Waals surface area contributed by atoms with Gasteiger partial charge in [-0.2, -0.15) is 4.98 Å². The Labute approximate surface area is 138 Å². The van der Waals surface area contributed by atoms with Gasteiger partial charge in [0.2, 0.25) is 5.89 Å². The monoisotopic (exact) mass is 339 g/mol. The van der Waals surface area contributed by atoms with Crippen molar-refractivity contribution in [3.05, 3.63) is 47.1 Å². The maximum absolute atomic E-state index is 13.5. The van der Waals surface area contributed by atoms with Crippen LogP contribution in [0.4, 0.5) is 8.78 Å². The molecule has 0 saturated carbocycles. The molecule has 8 heteroatoms. The van der Waals surface area contributed by atoms with Crippen LogP contribution in [-0.4, -0.2) is 34.7 Å². The first-order chi connectivity index (χ1) is 11.5. The normalized spacial score (nSPS) is 12.4. The molecule has 1 atom stereocenters. The summed E-state index contributed by atoms with van der Waals surface area (Å²) in [5.74, 6) is -1.69. The fourth-order valence-electron chi connectivity index (χ4n) is 2.28. The SMILES string of the molecule is CCOC(=O)C(c1ccc(F)c(F)c1)N(C)Cc1nc(CC)no1. The quantitative estimate of drug-likeness (QED) is 0.723. The number of benzene rings is 1. The van der Waals surface area contributed by atoms with Gasteiger partial charge < -0.3 is 9.26 Å². The van der Waals surface area contributed by atoms with Crippen molar-refractivity contribution in [2.24, 2.45) is 0 Å². The standard InChI is InChI=1S/C16H19F2N3O3/c1-4-13-19-14(24-20-13)9-21(3)15(16(22)23-5-2)10-6-7-11(17)12(18)8-10/h6-8,15H,4-5,9H2,1-3H3. The highest BCUT2D eigenvalue weighted by molar-refractivity contribution is 5.77. The van der Waals surface area contributed by atoms with Crippen LogP contribution in [0.1, 0.15) is 37.2 Å². The molecule has 2 rings (SSSR count). The average Bonchev–Trinajstić information content (AvgIpc) is 2.99. The summed E-state index contributed by atoms with van der Waals surface area (Å²) in [6.07, 6.45) is 0.623. The van der Waals surface area contributed by atoms with E-state index in [0.717, 1.165) is 12.1 Å². The molecule has 6 nitrogen and oxygen atoms in total. The van der Waals surface area contributed by atoms with Crippen molar-refractivity contribution in [3.63, 3.8) is 0 Å². The molecule has 0 bridgehead atoms. The van der Waals surface area contributed by atoms with E-state index in [4.69, 9.17) is 9.26 Å². The van der Waals surface area contributed by atoms with Gasteiger partial charge in [0.25, 0.3) is 0 Å². The van der Waals surface area contributed by atoms with Gasteiger partial charge in [0.15, 0.2) is 17.5 Å². The Morgan fingerprint density at radius 2 is 2.08 bits per heavy atom. The largest absolute Gasteiger partial charge is 0.465 e. The van der Waals surface area contributed by atoms with Crippen LogP contribution in [0.2, 0.25) is 0 Å². The van der Waals surface area contributed by atoms with E-state index >= 15 is 0 Å². The number of ether oxygens (including phenoxy) is 1. The maximum atomic E-state index is 13.5. The molecular weight excluding hydrogens is 320 g/mol. The molecule has 0 spiro atoms. The maximum Gasteiger partial charge on any atom is 0.328 e. The van der Waals surface area contributed by atoms with Gasteiger partial charge in [0.1, 0.15) is 6.04 Å². The summed E-state index contributed by atoms with van der Waals surface area (Å²) in [6, 6.07) is 2.39. The van der Waals surface area contributed by atoms with Gasteiger partial charge in [-0.25, -0.2) is 13.6 Å². The molecule has 0 aliphatic carbocycles. The summed E-state index contributed by atoms with van der Waals surface area (Å²) in [7, 11) is 1.64. The van der Waals surface area contributed by atoms with E-state index in [9.17, 15) is 13.6 Å². The number of carbonyl (C=O) groups excluding carboxylic acids is 1. The van der Waals surface area contributed by atoms with E-state index in [2.05, 4.69) is 10.1 Å². The topological polar surface area (TPSA) is 68.5 Å². The zero-order valence-corrected chi connectivity index (χ0v) is 13.8. The van der Waals surface area contributed by atoms with Gasteiger partial charge in [-0.05, 0) is 31.7 Å². The van der Waals surface area contributed by atoms with Crippen LogP contribution in [0.15, 0.2) is 22.7 Å². The molecule has 1 aromatic heterocycles. The van der Waals surface area contributed by atoms with Crippen LogP contribution in [0.25, 0.3) is 0 Å². The third-order valence-electron chi connectivity index (χ3n) is 3.42. The molecule has 2 aromatic rings. The number of halogens is 2. The van der Waals surface area contributed by atoms with Crippen LogP contribution < -0.4 is 0 Å². The second kappa shape index (κ2) is 7.96. The lowest BCUT2D eigenvalue weighted by Crippen LogP contribution is -2.32. The van der Waals surface area contributed by atoms with Gasteiger partial charge in [0.05, 0.1) is 13.2 Å². The summed E-state index contributed by atoms with van der Waals surface area (Å²) in [5.41, 5.74) is 0.282. The lowest BCUT2D eigenvalue weighted by molar-refractivity contribution is -0.149. The van der Waals surface area contributed by atoms with E-state index in [1.165, 1.54) is 6.07 Å². The summed E-state index contributed by atoms with van der Waals surface area (Å²) >= 11 is 0. The number of nitrogens with zero attached hydrogens (tertiary/aromatic N) is 3. The Morgan fingerprint density at radius 3 is 2.67 bits per heavy atom. The molecule has 0 amide bonds. The van der Waals surface area contributed by atoms with Gasteiger partial charge >= 0.3 is 5.97 Å². The summed E-state index contributed by atoms with van der Waals surface area (Å²) in [4.78, 5) is 18.0. The number of hydrogen-bond donors (Lipinski definition) is 0. The molecule has 1 aromatic carbocycles. The predicted octanol–water partition coefficient (Wildman–Crippen LogP) is 2.65. The van der Waals surface area contributed by atoms with Gasteiger partial charge in [-0.15, -0.1) is 0 Å². The van der Waals surface area contributed by atoms with Crippen LogP contribution in [-0.2, 0) is 22.5 Å². The fraction of sp³-hybridized carbons (Fsp3) is 0.438. The molecule has 0 N–H and O–H groups in total. The van der Waals surface area contributed by atoms with Crippen molar-refractivity contribution in [1.82, 2.24) is 15.0 Å². The Bertz CT molecular complexity index is 706. The molecule has 0 radical (unpaired) electrons. The van der Waals surface area contributed by atoms with Crippen molar-refractivity contribution in [2.45, 2.75) is 32.9 Å². The van der Waals surface area contributed by atoms with Gasteiger partial charge in [0, 0.05) is 6.42 Å². The lowest BCUT2D eigenvalue weighted by atomic mass is 10.1. The van der Waals surface area contributed by atoms with Gasteiger partial charge in [-0.3, -0.25) is 4.90 Å². The molecule has 0 aliphatic rings. The fourth-order valence-corrected chi connectivity index (χ4v) is 2.28. The first-order valence-electron chi connectivity index (χ1n) is 7.59. The second-order valence-electron chi connectivity index (χ2n) is 5.20. The number of carbonyl (C=O) groups is 1. The Hall–Kier alpha value is -2.35. The highest BCUT2D eigenvalue weighted by Gasteiger charge is 2.28. The third kappa shape index (κ3) is 4.14. The first kappa shape index (κ1) is 18.0. The predicted molar refractivity (Wildman–Crippen MR) is 80.9 cm³/mol. The lowest BCUT2D eigenvalue weighted by Gasteiger charge is -2.25. The van der Waals surface area contributed by atoms with Gasteiger partial charge in [-0.1, -0.05) is 18.1 Å². The third-order valence-corrected chi connectivity index (χ3v) is 3.42. The zero-order valence-electron chi connectivity index (χ0n) is 13.8. The van der Waals surface area contributed by atoms with Crippen molar-refractivity contribution in [1.29, 1.82) is 0 Å². The van der Waals surface area contributed by atoms with E-state index in [0.29, 0.717) is 18.1 Å². The molecule has 0 aliphatic heterocycles. The van der Waals surface area contributed by atoms with E-state index < -0.39 is 23.6 Å². The number of likely N-dealkylation sites (N-methyl/N-ethyl adjacent to an activating group) is 1. The van der Waals surface area contributed by atoms with Crippen molar-refractivity contribution in [3.8, 4) is 0 Å². The Kier molecular flexibility index (Phi) is 5.97. The minimum Gasteiger partial charge on any atom is -0.465 e. The summed E-state index contributed by atoms with van der Waals surface area (Å²) < 4.78 is 36.9. The van der Waals surface area contributed by atoms with Crippen molar-refractivity contribution in [2.75, 3.05) is 13.7 Å². The number of aromatic nitrogens is 2. The number of rotatable bonds is 7. The summed E-state index contributed by atoms with van der Waals surface area (Å²) in [6.45, 7) is 3.90. The molecule has 130 valence electrons. The first-order valence-corrected chi connectivity index (χ1v) is 7.59. The number of aryl methyl sites for hydroxylation is 1. The number of esters is 1. The molecule has 24 heavy (non-hydrogen) atoms. The molecule has 0 fully saturated rings. The highest BCUT2D eigenvalue weighted by atomic mass is 19.2. The van der Waals surface area contributed by atoms with Crippen LogP contribution >= 0.6 is 0 Å². The van der Waals surface area contributed by atoms with E-state index in [1.807, 2.05) is 6.92 Å². The molecule has 1 heterocycles. The summed E-state index contributed by atoms with van der Waals surface area (Å²) in [5, 5.41) is 3.79. The highest BCUT2D eigenvalue weighted by Crippen LogP contribution is 2.24. The Balaban J connectivity index is 2.27. The minimum absolute atomic E-state index is 0.162. The molecule has 0 saturated heterocycles. The smallest absolute Gasteiger partial charge is 0.328 e.